The van der Waals surface area contributed by atoms with Crippen LogP contribution in [0.25, 0.3) is 0 Å². The molecule has 6 nitrogen and oxygen atoms in total. The van der Waals surface area contributed by atoms with Gasteiger partial charge in [0.1, 0.15) is 0 Å². The van der Waals surface area contributed by atoms with Crippen molar-refractivity contribution < 1.29 is 24.5 Å². The Morgan fingerprint density at radius 3 is 0.940 bits per heavy atom. The van der Waals surface area contributed by atoms with E-state index in [1.54, 1.807) is 6.08 Å². The highest BCUT2D eigenvalue weighted by Gasteiger charge is 2.18. The summed E-state index contributed by atoms with van der Waals surface area (Å²) in [6.07, 6.45) is 93.9. The zero-order chi connectivity index (χ0) is 59.9. The van der Waals surface area contributed by atoms with Crippen LogP contribution in [0.15, 0.2) is 36.5 Å². The Bertz CT molecular complexity index is 1340. The highest BCUT2D eigenvalue weighted by Crippen LogP contribution is 2.19. The number of hydrogen-bond donors (Lipinski definition) is 3. The van der Waals surface area contributed by atoms with E-state index in [4.69, 9.17) is 4.74 Å². The second-order valence-corrected chi connectivity index (χ2v) is 26.0. The average Bonchev–Trinajstić information content (AvgIpc) is 3.49. The summed E-state index contributed by atoms with van der Waals surface area (Å²) < 4.78 is 5.50. The topological polar surface area (TPSA) is 95.9 Å². The van der Waals surface area contributed by atoms with E-state index in [0.29, 0.717) is 19.4 Å². The Labute approximate surface area is 519 Å². The molecule has 0 rings (SSSR count). The third-order valence-corrected chi connectivity index (χ3v) is 17.7. The van der Waals surface area contributed by atoms with Crippen LogP contribution in [-0.2, 0) is 14.3 Å². The average molecular weight is 1170 g/mol. The van der Waals surface area contributed by atoms with Crippen molar-refractivity contribution in [3.05, 3.63) is 36.5 Å². The third-order valence-electron chi connectivity index (χ3n) is 17.7. The van der Waals surface area contributed by atoms with Gasteiger partial charge in [0.05, 0.1) is 25.4 Å². The molecule has 0 aliphatic rings. The minimum Gasteiger partial charge on any atom is -0.466 e. The predicted molar refractivity (Wildman–Crippen MR) is 366 cm³/mol. The van der Waals surface area contributed by atoms with Crippen LogP contribution in [-0.4, -0.2) is 47.4 Å². The minimum atomic E-state index is -0.843. The molecule has 490 valence electrons. The molecule has 0 saturated heterocycles. The van der Waals surface area contributed by atoms with Gasteiger partial charge >= 0.3 is 5.97 Å². The first kappa shape index (κ1) is 81.1. The van der Waals surface area contributed by atoms with Crippen molar-refractivity contribution in [2.75, 3.05) is 13.2 Å². The normalized spacial score (nSPS) is 12.7. The highest BCUT2D eigenvalue weighted by atomic mass is 16.5. The summed E-state index contributed by atoms with van der Waals surface area (Å²) in [7, 11) is 0. The molecule has 6 heteroatoms. The molecular weight excluding hydrogens is 1020 g/mol. The highest BCUT2D eigenvalue weighted by molar-refractivity contribution is 5.76. The Hall–Kier alpha value is -1.92. The van der Waals surface area contributed by atoms with Crippen LogP contribution >= 0.6 is 0 Å². The number of carbonyl (C=O) groups is 2. The zero-order valence-corrected chi connectivity index (χ0v) is 56.2. The molecule has 0 fully saturated rings. The van der Waals surface area contributed by atoms with Crippen molar-refractivity contribution in [1.82, 2.24) is 5.32 Å². The summed E-state index contributed by atoms with van der Waals surface area (Å²) in [6, 6.07) is -0.626. The second kappa shape index (κ2) is 72.6. The maximum atomic E-state index is 12.5. The first-order chi connectivity index (χ1) is 41.0. The molecule has 0 spiro atoms. The number of esters is 1. The number of nitrogens with one attached hydrogen (secondary N) is 1. The molecule has 2 unspecified atom stereocenters. The number of hydrogen-bond acceptors (Lipinski definition) is 5. The van der Waals surface area contributed by atoms with E-state index >= 15 is 0 Å². The van der Waals surface area contributed by atoms with Crippen LogP contribution in [0, 0.1) is 0 Å². The van der Waals surface area contributed by atoms with Gasteiger partial charge < -0.3 is 20.3 Å². The number of rotatable bonds is 71. The molecule has 0 aromatic heterocycles. The lowest BCUT2D eigenvalue weighted by Gasteiger charge is -2.20. The number of aliphatic hydroxyl groups excluding tert-OH is 2. The number of carbonyl (C=O) groups excluding carboxylic acids is 2. The quantitative estimate of drug-likeness (QED) is 0.0320. The first-order valence-electron chi connectivity index (χ1n) is 37.8. The van der Waals surface area contributed by atoms with Gasteiger partial charge in [0.15, 0.2) is 0 Å². The van der Waals surface area contributed by atoms with Gasteiger partial charge in [0, 0.05) is 12.8 Å². The van der Waals surface area contributed by atoms with Crippen molar-refractivity contribution in [1.29, 1.82) is 0 Å². The molecule has 0 bridgehead atoms. The van der Waals surface area contributed by atoms with Crippen molar-refractivity contribution in [2.45, 2.75) is 431 Å². The SMILES string of the molecule is CCCCC/C=C\C/C=C\CCCCCCCCCC(=O)OCCCCCCCCCCCCCCCCCCCCCCCCCCCCCCCCC(=O)NC(CO)C(O)/C=C/CCCCCCCCCCCCCCCCCCC. The molecule has 83 heavy (non-hydrogen) atoms. The molecule has 2 atom stereocenters. The van der Waals surface area contributed by atoms with E-state index < -0.39 is 12.1 Å². The van der Waals surface area contributed by atoms with Crippen LogP contribution in [0.3, 0.4) is 0 Å². The van der Waals surface area contributed by atoms with Crippen LogP contribution in [0.5, 0.6) is 0 Å². The van der Waals surface area contributed by atoms with E-state index in [9.17, 15) is 19.8 Å². The molecule has 0 radical (unpaired) electrons. The Kier molecular flexibility index (Phi) is 70.9. The maximum Gasteiger partial charge on any atom is 0.305 e. The van der Waals surface area contributed by atoms with Crippen molar-refractivity contribution >= 4 is 11.9 Å². The molecular formula is C77H147NO5. The summed E-state index contributed by atoms with van der Waals surface area (Å²) in [5.41, 5.74) is 0. The van der Waals surface area contributed by atoms with E-state index in [2.05, 4.69) is 43.5 Å². The number of allylic oxidation sites excluding steroid dienone is 5. The summed E-state index contributed by atoms with van der Waals surface area (Å²) in [4.78, 5) is 24.6. The fourth-order valence-corrected chi connectivity index (χ4v) is 11.9. The number of unbranched alkanes of at least 4 members (excludes halogenated alkanes) is 56. The van der Waals surface area contributed by atoms with Gasteiger partial charge in [-0.1, -0.05) is 378 Å². The van der Waals surface area contributed by atoms with E-state index in [1.165, 1.54) is 340 Å². The van der Waals surface area contributed by atoms with Crippen LogP contribution < -0.4 is 5.32 Å². The van der Waals surface area contributed by atoms with Crippen molar-refractivity contribution in [2.24, 2.45) is 0 Å². The van der Waals surface area contributed by atoms with Crippen LogP contribution in [0.2, 0.25) is 0 Å². The van der Waals surface area contributed by atoms with Gasteiger partial charge in [-0.25, -0.2) is 0 Å². The lowest BCUT2D eigenvalue weighted by molar-refractivity contribution is -0.143. The second-order valence-electron chi connectivity index (χ2n) is 26.0. The Morgan fingerprint density at radius 1 is 0.337 bits per heavy atom. The van der Waals surface area contributed by atoms with E-state index in [1.807, 2.05) is 6.08 Å². The lowest BCUT2D eigenvalue weighted by Crippen LogP contribution is -2.45. The molecule has 0 aromatic rings. The summed E-state index contributed by atoms with van der Waals surface area (Å²) in [6.45, 7) is 4.92. The Morgan fingerprint density at radius 2 is 0.602 bits per heavy atom. The first-order valence-corrected chi connectivity index (χ1v) is 37.8. The van der Waals surface area contributed by atoms with E-state index in [0.717, 1.165) is 51.4 Å². The molecule has 0 aliphatic carbocycles. The smallest absolute Gasteiger partial charge is 0.305 e. The fourth-order valence-electron chi connectivity index (χ4n) is 11.9. The van der Waals surface area contributed by atoms with Gasteiger partial charge in [-0.3, -0.25) is 9.59 Å². The van der Waals surface area contributed by atoms with Gasteiger partial charge in [0.25, 0.3) is 0 Å². The monoisotopic (exact) mass is 1170 g/mol. The number of ether oxygens (including phenoxy) is 1. The molecule has 0 heterocycles. The summed E-state index contributed by atoms with van der Waals surface area (Å²) in [5, 5.41) is 23.2. The summed E-state index contributed by atoms with van der Waals surface area (Å²) in [5.74, 6) is -0.0477. The molecule has 0 aromatic carbocycles. The van der Waals surface area contributed by atoms with Gasteiger partial charge in [-0.05, 0) is 64.2 Å². The van der Waals surface area contributed by atoms with Gasteiger partial charge in [0.2, 0.25) is 5.91 Å². The number of amides is 1. The van der Waals surface area contributed by atoms with Crippen LogP contribution in [0.4, 0.5) is 0 Å². The Balaban J connectivity index is 3.35. The summed E-state index contributed by atoms with van der Waals surface area (Å²) >= 11 is 0. The van der Waals surface area contributed by atoms with Gasteiger partial charge in [-0.15, -0.1) is 0 Å². The van der Waals surface area contributed by atoms with E-state index in [-0.39, 0.29) is 18.5 Å². The van der Waals surface area contributed by atoms with Crippen LogP contribution in [0.1, 0.15) is 418 Å². The standard InChI is InChI=1S/C77H147NO5/c1-3-5-7-9-11-13-15-17-19-21-34-38-41-45-49-53-57-61-65-69-75(80)74(73-79)78-76(81)70-66-62-58-54-50-46-42-39-35-32-30-28-26-24-22-23-25-27-29-31-33-36-40-44-48-52-56-60-64-68-72-83-77(82)71-67-63-59-55-51-47-43-37-20-18-16-14-12-10-8-6-4-2/h12,14,18,20,65,69,74-75,79-80H,3-11,13,15-17,19,21-64,66-68,70-73H2,1-2H3,(H,78,81)/b14-12-,20-18-,69-65+. The zero-order valence-electron chi connectivity index (χ0n) is 56.2. The molecule has 3 N–H and O–H groups in total. The molecule has 1 amide bonds. The maximum absolute atomic E-state index is 12.5. The predicted octanol–water partition coefficient (Wildman–Crippen LogP) is 24.7. The lowest BCUT2D eigenvalue weighted by atomic mass is 10.0. The van der Waals surface area contributed by atoms with Gasteiger partial charge in [-0.2, -0.15) is 0 Å². The fraction of sp³-hybridized carbons (Fsp3) is 0.896. The minimum absolute atomic E-state index is 0.0126. The van der Waals surface area contributed by atoms with Crippen molar-refractivity contribution in [3.63, 3.8) is 0 Å². The molecule has 0 aliphatic heterocycles. The molecule has 0 saturated carbocycles. The van der Waals surface area contributed by atoms with Crippen molar-refractivity contribution in [3.8, 4) is 0 Å². The number of aliphatic hydroxyl groups is 2. The largest absolute Gasteiger partial charge is 0.466 e. The third kappa shape index (κ3) is 69.1.